The van der Waals surface area contributed by atoms with Crippen molar-refractivity contribution in [3.05, 3.63) is 16.9 Å². The lowest BCUT2D eigenvalue weighted by atomic mass is 10.2. The van der Waals surface area contributed by atoms with Gasteiger partial charge in [-0.1, -0.05) is 11.6 Å². The Labute approximate surface area is 121 Å². The minimum atomic E-state index is -0.281. The molecule has 1 atom stereocenters. The van der Waals surface area contributed by atoms with Gasteiger partial charge < -0.3 is 9.64 Å². The van der Waals surface area contributed by atoms with Gasteiger partial charge in [0.2, 0.25) is 5.91 Å². The molecule has 7 nitrogen and oxygen atoms in total. The average molecular weight is 299 g/mol. The molecule has 2 aliphatic rings. The molecule has 0 saturated carbocycles. The van der Waals surface area contributed by atoms with Crippen LogP contribution in [0.25, 0.3) is 0 Å². The molecule has 2 aliphatic heterocycles. The van der Waals surface area contributed by atoms with E-state index in [1.807, 2.05) is 0 Å². The number of fused-ring (bicyclic) bond motifs is 1. The standard InChI is InChI=1S/C12H15ClN4O3/c1-8-10(13)5-16(14-8)6-11(18)15-2-3-17-9(4-15)7-20-12(17)19/h5,9H,2-4,6-7H2,1H3/t9-/m1/s1. The van der Waals surface area contributed by atoms with E-state index >= 15 is 0 Å². The van der Waals surface area contributed by atoms with Crippen molar-refractivity contribution in [1.29, 1.82) is 0 Å². The zero-order valence-electron chi connectivity index (χ0n) is 11.1. The highest BCUT2D eigenvalue weighted by molar-refractivity contribution is 6.31. The van der Waals surface area contributed by atoms with E-state index < -0.39 is 0 Å². The van der Waals surface area contributed by atoms with Gasteiger partial charge in [0.15, 0.2) is 0 Å². The molecule has 0 aliphatic carbocycles. The van der Waals surface area contributed by atoms with Crippen LogP contribution in [0.2, 0.25) is 5.02 Å². The Morgan fingerprint density at radius 3 is 3.05 bits per heavy atom. The van der Waals surface area contributed by atoms with Crippen LogP contribution < -0.4 is 0 Å². The molecule has 0 unspecified atom stereocenters. The van der Waals surface area contributed by atoms with Crippen LogP contribution in [-0.2, 0) is 16.1 Å². The van der Waals surface area contributed by atoms with E-state index in [0.29, 0.717) is 37.0 Å². The summed E-state index contributed by atoms with van der Waals surface area (Å²) in [7, 11) is 0. The molecule has 0 aromatic carbocycles. The van der Waals surface area contributed by atoms with Gasteiger partial charge in [-0.15, -0.1) is 0 Å². The molecule has 2 amide bonds. The molecule has 1 aromatic heterocycles. The van der Waals surface area contributed by atoms with Crippen LogP contribution in [0.1, 0.15) is 5.69 Å². The summed E-state index contributed by atoms with van der Waals surface area (Å²) in [6, 6.07) is -0.0249. The molecular weight excluding hydrogens is 284 g/mol. The number of aromatic nitrogens is 2. The Morgan fingerprint density at radius 1 is 1.55 bits per heavy atom. The smallest absolute Gasteiger partial charge is 0.410 e. The third-order valence-corrected chi connectivity index (χ3v) is 4.02. The maximum absolute atomic E-state index is 12.2. The van der Waals surface area contributed by atoms with Gasteiger partial charge in [-0.25, -0.2) is 4.79 Å². The van der Waals surface area contributed by atoms with Crippen LogP contribution in [0.4, 0.5) is 4.79 Å². The highest BCUT2D eigenvalue weighted by Crippen LogP contribution is 2.18. The van der Waals surface area contributed by atoms with Crippen LogP contribution in [0.15, 0.2) is 6.20 Å². The van der Waals surface area contributed by atoms with Gasteiger partial charge in [0.1, 0.15) is 13.2 Å². The first kappa shape index (κ1) is 13.2. The van der Waals surface area contributed by atoms with E-state index in [1.165, 1.54) is 0 Å². The zero-order valence-corrected chi connectivity index (χ0v) is 11.8. The maximum atomic E-state index is 12.2. The number of ether oxygens (including phenoxy) is 1. The monoisotopic (exact) mass is 298 g/mol. The number of cyclic esters (lactones) is 1. The molecule has 0 spiro atoms. The van der Waals surface area contributed by atoms with Crippen molar-refractivity contribution in [3.63, 3.8) is 0 Å². The number of carbonyl (C=O) groups excluding carboxylic acids is 2. The van der Waals surface area contributed by atoms with Crippen LogP contribution in [0, 0.1) is 6.92 Å². The molecule has 3 heterocycles. The van der Waals surface area contributed by atoms with Crippen LogP contribution in [0.5, 0.6) is 0 Å². The Morgan fingerprint density at radius 2 is 2.35 bits per heavy atom. The zero-order chi connectivity index (χ0) is 14.3. The van der Waals surface area contributed by atoms with Crippen molar-refractivity contribution >= 4 is 23.6 Å². The van der Waals surface area contributed by atoms with E-state index in [1.54, 1.807) is 27.6 Å². The van der Waals surface area contributed by atoms with Gasteiger partial charge in [0.25, 0.3) is 0 Å². The minimum absolute atomic E-state index is 0.0248. The predicted molar refractivity (Wildman–Crippen MR) is 70.4 cm³/mol. The number of aryl methyl sites for hydroxylation is 1. The number of rotatable bonds is 2. The molecule has 2 saturated heterocycles. The van der Waals surface area contributed by atoms with Gasteiger partial charge in [0.05, 0.1) is 16.8 Å². The number of carbonyl (C=O) groups is 2. The summed E-state index contributed by atoms with van der Waals surface area (Å²) in [5.74, 6) is -0.0248. The van der Waals surface area contributed by atoms with E-state index in [-0.39, 0.29) is 24.6 Å². The van der Waals surface area contributed by atoms with E-state index in [9.17, 15) is 9.59 Å². The van der Waals surface area contributed by atoms with Crippen LogP contribution in [0.3, 0.4) is 0 Å². The SMILES string of the molecule is Cc1nn(CC(=O)N2CCN3C(=O)OC[C@H]3C2)cc1Cl. The van der Waals surface area contributed by atoms with Crippen molar-refractivity contribution in [3.8, 4) is 0 Å². The summed E-state index contributed by atoms with van der Waals surface area (Å²) >= 11 is 5.92. The Hall–Kier alpha value is -1.76. The van der Waals surface area contributed by atoms with Gasteiger partial charge in [0, 0.05) is 25.8 Å². The normalized spacial score (nSPS) is 21.9. The summed E-state index contributed by atoms with van der Waals surface area (Å²) < 4.78 is 6.52. The molecule has 1 aromatic rings. The first-order chi connectivity index (χ1) is 9.54. The summed E-state index contributed by atoms with van der Waals surface area (Å²) in [5, 5.41) is 4.72. The number of nitrogens with zero attached hydrogens (tertiary/aromatic N) is 4. The lowest BCUT2D eigenvalue weighted by molar-refractivity contribution is -0.134. The third-order valence-electron chi connectivity index (χ3n) is 3.65. The van der Waals surface area contributed by atoms with Crippen molar-refractivity contribution in [1.82, 2.24) is 19.6 Å². The molecule has 2 fully saturated rings. The van der Waals surface area contributed by atoms with Crippen molar-refractivity contribution in [2.24, 2.45) is 0 Å². The molecule has 0 radical (unpaired) electrons. The maximum Gasteiger partial charge on any atom is 0.410 e. The third kappa shape index (κ3) is 2.33. The number of amides is 2. The quantitative estimate of drug-likeness (QED) is 0.798. The predicted octanol–water partition coefficient (Wildman–Crippen LogP) is 0.508. The van der Waals surface area contributed by atoms with Gasteiger partial charge >= 0.3 is 6.09 Å². The Balaban J connectivity index is 1.62. The summed E-state index contributed by atoms with van der Waals surface area (Å²) in [6.45, 7) is 3.87. The topological polar surface area (TPSA) is 67.7 Å². The second kappa shape index (κ2) is 4.97. The second-order valence-corrected chi connectivity index (χ2v) is 5.43. The summed E-state index contributed by atoms with van der Waals surface area (Å²) in [4.78, 5) is 27.0. The molecule has 108 valence electrons. The minimum Gasteiger partial charge on any atom is -0.447 e. The number of hydrogen-bond acceptors (Lipinski definition) is 4. The van der Waals surface area contributed by atoms with E-state index in [0.717, 1.165) is 0 Å². The molecule has 0 N–H and O–H groups in total. The van der Waals surface area contributed by atoms with Crippen molar-refractivity contribution in [2.45, 2.75) is 19.5 Å². The average Bonchev–Trinajstić information content (AvgIpc) is 2.93. The lowest BCUT2D eigenvalue weighted by Crippen LogP contribution is -2.54. The fraction of sp³-hybridized carbons (Fsp3) is 0.583. The molecular formula is C12H15ClN4O3. The van der Waals surface area contributed by atoms with Crippen LogP contribution >= 0.6 is 11.6 Å². The summed E-state index contributed by atoms with van der Waals surface area (Å²) in [5.41, 5.74) is 0.707. The molecule has 0 bridgehead atoms. The van der Waals surface area contributed by atoms with E-state index in [2.05, 4.69) is 5.10 Å². The van der Waals surface area contributed by atoms with E-state index in [4.69, 9.17) is 16.3 Å². The van der Waals surface area contributed by atoms with Crippen LogP contribution in [-0.4, -0.2) is 63.9 Å². The molecule has 3 rings (SSSR count). The largest absolute Gasteiger partial charge is 0.447 e. The Kier molecular flexibility index (Phi) is 3.29. The first-order valence-electron chi connectivity index (χ1n) is 6.45. The van der Waals surface area contributed by atoms with Gasteiger partial charge in [-0.05, 0) is 6.92 Å². The lowest BCUT2D eigenvalue weighted by Gasteiger charge is -2.35. The molecule has 20 heavy (non-hydrogen) atoms. The second-order valence-electron chi connectivity index (χ2n) is 5.02. The van der Waals surface area contributed by atoms with Gasteiger partial charge in [-0.3, -0.25) is 14.4 Å². The number of hydrogen-bond donors (Lipinski definition) is 0. The fourth-order valence-electron chi connectivity index (χ4n) is 2.53. The van der Waals surface area contributed by atoms with Crippen molar-refractivity contribution in [2.75, 3.05) is 26.2 Å². The Bertz CT molecular complexity index is 539. The highest BCUT2D eigenvalue weighted by atomic mass is 35.5. The van der Waals surface area contributed by atoms with Crippen molar-refractivity contribution < 1.29 is 14.3 Å². The number of halogens is 1. The summed E-state index contributed by atoms with van der Waals surface area (Å²) in [6.07, 6.45) is 1.37. The highest BCUT2D eigenvalue weighted by Gasteiger charge is 2.38. The van der Waals surface area contributed by atoms with Gasteiger partial charge in [-0.2, -0.15) is 5.10 Å². The first-order valence-corrected chi connectivity index (χ1v) is 6.83. The fourth-order valence-corrected chi connectivity index (χ4v) is 2.68. The molecule has 8 heteroatoms. The number of piperazine rings is 1.